The van der Waals surface area contributed by atoms with Gasteiger partial charge < -0.3 is 14.4 Å². The number of piperidine rings is 1. The van der Waals surface area contributed by atoms with Crippen LogP contribution in [0.3, 0.4) is 0 Å². The van der Waals surface area contributed by atoms with Crippen molar-refractivity contribution in [2.24, 2.45) is 0 Å². The minimum Gasteiger partial charge on any atom is -0.376 e. The molecule has 0 bridgehead atoms. The fourth-order valence-corrected chi connectivity index (χ4v) is 3.58. The van der Waals surface area contributed by atoms with Gasteiger partial charge in [0.1, 0.15) is 5.51 Å². The summed E-state index contributed by atoms with van der Waals surface area (Å²) in [4.78, 5) is 2.30. The lowest BCUT2D eigenvalue weighted by atomic mass is 9.89. The quantitative estimate of drug-likeness (QED) is 0.836. The van der Waals surface area contributed by atoms with Gasteiger partial charge in [0.2, 0.25) is 5.13 Å². The van der Waals surface area contributed by atoms with Gasteiger partial charge in [-0.3, -0.25) is 0 Å². The average Bonchev–Trinajstić information content (AvgIpc) is 3.01. The van der Waals surface area contributed by atoms with E-state index >= 15 is 0 Å². The lowest BCUT2D eigenvalue weighted by Crippen LogP contribution is -2.48. The van der Waals surface area contributed by atoms with Gasteiger partial charge in [0.15, 0.2) is 0 Å². The van der Waals surface area contributed by atoms with E-state index in [0.29, 0.717) is 0 Å². The minimum absolute atomic E-state index is 0.0241. The molecule has 1 aromatic heterocycles. The molecule has 0 radical (unpaired) electrons. The van der Waals surface area contributed by atoms with E-state index < -0.39 is 0 Å². The molecular weight excluding hydrogens is 250 g/mol. The van der Waals surface area contributed by atoms with Gasteiger partial charge in [-0.1, -0.05) is 11.3 Å². The number of ether oxygens (including phenoxy) is 2. The monoisotopic (exact) mass is 269 g/mol. The van der Waals surface area contributed by atoms with E-state index in [9.17, 15) is 0 Å². The fraction of sp³-hybridized carbons (Fsp3) is 0.833. The van der Waals surface area contributed by atoms with E-state index in [4.69, 9.17) is 9.47 Å². The Bertz CT molecular complexity index is 387. The Labute approximate surface area is 111 Å². The van der Waals surface area contributed by atoms with Gasteiger partial charge in [-0.25, -0.2) is 0 Å². The SMILES string of the molecule is CCOC1COC2(CCCN(c3nncs3)C2)C1. The maximum absolute atomic E-state index is 6.06. The molecule has 0 amide bonds. The molecule has 6 heteroatoms. The molecule has 1 aromatic rings. The zero-order valence-corrected chi connectivity index (χ0v) is 11.5. The van der Waals surface area contributed by atoms with Crippen LogP contribution in [0.1, 0.15) is 26.2 Å². The van der Waals surface area contributed by atoms with Crippen molar-refractivity contribution in [1.82, 2.24) is 10.2 Å². The van der Waals surface area contributed by atoms with Crippen molar-refractivity contribution in [2.75, 3.05) is 31.2 Å². The van der Waals surface area contributed by atoms with E-state index in [2.05, 4.69) is 15.1 Å². The van der Waals surface area contributed by atoms with Crippen LogP contribution in [0.4, 0.5) is 5.13 Å². The standard InChI is InChI=1S/C12H19N3O2S/c1-2-16-10-6-12(17-7-10)4-3-5-15(8-12)11-14-13-9-18-11/h9-10H,2-8H2,1H3. The first-order valence-electron chi connectivity index (χ1n) is 6.58. The summed E-state index contributed by atoms with van der Waals surface area (Å²) in [5, 5.41) is 9.09. The van der Waals surface area contributed by atoms with Crippen LogP contribution in [-0.2, 0) is 9.47 Å². The van der Waals surface area contributed by atoms with E-state index in [-0.39, 0.29) is 11.7 Å². The molecule has 5 nitrogen and oxygen atoms in total. The number of nitrogens with zero attached hydrogens (tertiary/aromatic N) is 3. The van der Waals surface area contributed by atoms with Crippen molar-refractivity contribution in [3.8, 4) is 0 Å². The number of rotatable bonds is 3. The van der Waals surface area contributed by atoms with Gasteiger partial charge in [0, 0.05) is 26.1 Å². The molecule has 0 N–H and O–H groups in total. The number of hydrogen-bond donors (Lipinski definition) is 0. The van der Waals surface area contributed by atoms with Crippen molar-refractivity contribution < 1.29 is 9.47 Å². The van der Waals surface area contributed by atoms with E-state index in [1.807, 2.05) is 6.92 Å². The summed E-state index contributed by atoms with van der Waals surface area (Å²) >= 11 is 1.60. The molecule has 2 atom stereocenters. The smallest absolute Gasteiger partial charge is 0.208 e. The lowest BCUT2D eigenvalue weighted by Gasteiger charge is -2.39. The molecule has 100 valence electrons. The Hall–Kier alpha value is -0.720. The summed E-state index contributed by atoms with van der Waals surface area (Å²) in [7, 11) is 0. The number of hydrogen-bond acceptors (Lipinski definition) is 6. The predicted molar refractivity (Wildman–Crippen MR) is 70.1 cm³/mol. The molecule has 3 rings (SSSR count). The van der Waals surface area contributed by atoms with Crippen LogP contribution in [0, 0.1) is 0 Å². The second-order valence-corrected chi connectivity index (χ2v) is 5.83. The Morgan fingerprint density at radius 1 is 1.67 bits per heavy atom. The number of anilines is 1. The molecule has 3 heterocycles. The highest BCUT2D eigenvalue weighted by Gasteiger charge is 2.44. The third kappa shape index (κ3) is 2.37. The molecule has 0 saturated carbocycles. The zero-order valence-electron chi connectivity index (χ0n) is 10.7. The maximum Gasteiger partial charge on any atom is 0.208 e. The largest absolute Gasteiger partial charge is 0.376 e. The highest BCUT2D eigenvalue weighted by molar-refractivity contribution is 7.13. The second kappa shape index (κ2) is 5.11. The minimum atomic E-state index is -0.0241. The van der Waals surface area contributed by atoms with Crippen molar-refractivity contribution in [3.05, 3.63) is 5.51 Å². The second-order valence-electron chi connectivity index (χ2n) is 5.02. The third-order valence-electron chi connectivity index (χ3n) is 3.74. The molecule has 2 saturated heterocycles. The summed E-state index contributed by atoms with van der Waals surface area (Å²) in [6.07, 6.45) is 3.56. The summed E-state index contributed by atoms with van der Waals surface area (Å²) in [6, 6.07) is 0. The summed E-state index contributed by atoms with van der Waals surface area (Å²) in [5.74, 6) is 0. The van der Waals surface area contributed by atoms with Gasteiger partial charge in [-0.2, -0.15) is 0 Å². The average molecular weight is 269 g/mol. The van der Waals surface area contributed by atoms with Crippen LogP contribution in [-0.4, -0.2) is 48.2 Å². The van der Waals surface area contributed by atoms with Gasteiger partial charge in [0.25, 0.3) is 0 Å². The van der Waals surface area contributed by atoms with Crippen LogP contribution in [0.25, 0.3) is 0 Å². The van der Waals surface area contributed by atoms with Gasteiger partial charge >= 0.3 is 0 Å². The summed E-state index contributed by atoms with van der Waals surface area (Å²) in [6.45, 7) is 5.52. The van der Waals surface area contributed by atoms with Crippen molar-refractivity contribution in [2.45, 2.75) is 37.9 Å². The first kappa shape index (κ1) is 12.3. The van der Waals surface area contributed by atoms with Gasteiger partial charge in [-0.05, 0) is 19.8 Å². The van der Waals surface area contributed by atoms with E-state index in [0.717, 1.165) is 50.7 Å². The Morgan fingerprint density at radius 3 is 3.39 bits per heavy atom. The van der Waals surface area contributed by atoms with E-state index in [1.54, 1.807) is 16.8 Å². The summed E-state index contributed by atoms with van der Waals surface area (Å²) < 4.78 is 11.8. The first-order chi connectivity index (χ1) is 8.81. The van der Waals surface area contributed by atoms with Crippen LogP contribution in [0.15, 0.2) is 5.51 Å². The normalized spacial score (nSPS) is 32.3. The van der Waals surface area contributed by atoms with Crippen LogP contribution < -0.4 is 4.90 Å². The Kier molecular flexibility index (Phi) is 3.50. The summed E-state index contributed by atoms with van der Waals surface area (Å²) in [5.41, 5.74) is 1.76. The first-order valence-corrected chi connectivity index (χ1v) is 7.46. The van der Waals surface area contributed by atoms with Crippen molar-refractivity contribution in [1.29, 1.82) is 0 Å². The number of aromatic nitrogens is 2. The van der Waals surface area contributed by atoms with Crippen LogP contribution in [0.2, 0.25) is 0 Å². The lowest BCUT2D eigenvalue weighted by molar-refractivity contribution is -0.0117. The molecule has 1 spiro atoms. The van der Waals surface area contributed by atoms with Crippen LogP contribution in [0.5, 0.6) is 0 Å². The molecular formula is C12H19N3O2S. The third-order valence-corrected chi connectivity index (χ3v) is 4.49. The highest BCUT2D eigenvalue weighted by Crippen LogP contribution is 2.37. The molecule has 0 aliphatic carbocycles. The fourth-order valence-electron chi connectivity index (χ4n) is 3.00. The molecule has 2 aliphatic heterocycles. The van der Waals surface area contributed by atoms with Gasteiger partial charge in [-0.15, -0.1) is 10.2 Å². The molecule has 2 aliphatic rings. The predicted octanol–water partition coefficient (Wildman–Crippen LogP) is 1.70. The molecule has 2 unspecified atom stereocenters. The van der Waals surface area contributed by atoms with Crippen molar-refractivity contribution >= 4 is 16.5 Å². The zero-order chi connectivity index (χ0) is 12.4. The maximum atomic E-state index is 6.06. The Balaban J connectivity index is 1.67. The molecule has 2 fully saturated rings. The Morgan fingerprint density at radius 2 is 2.61 bits per heavy atom. The van der Waals surface area contributed by atoms with Crippen molar-refractivity contribution in [3.63, 3.8) is 0 Å². The van der Waals surface area contributed by atoms with E-state index in [1.165, 1.54) is 0 Å². The molecule has 18 heavy (non-hydrogen) atoms. The molecule has 0 aromatic carbocycles. The topological polar surface area (TPSA) is 47.5 Å². The van der Waals surface area contributed by atoms with Crippen LogP contribution >= 0.6 is 11.3 Å². The van der Waals surface area contributed by atoms with Gasteiger partial charge in [0.05, 0.1) is 18.3 Å². The highest BCUT2D eigenvalue weighted by atomic mass is 32.1.